The van der Waals surface area contributed by atoms with E-state index >= 15 is 0 Å². The normalized spacial score (nSPS) is 19.1. The highest BCUT2D eigenvalue weighted by molar-refractivity contribution is 14.1. The summed E-state index contributed by atoms with van der Waals surface area (Å²) in [6.45, 7) is 3.36. The molecule has 1 N–H and O–H groups in total. The van der Waals surface area contributed by atoms with Crippen molar-refractivity contribution >= 4 is 28.3 Å². The molecule has 0 bridgehead atoms. The van der Waals surface area contributed by atoms with Crippen molar-refractivity contribution in [3.63, 3.8) is 0 Å². The van der Waals surface area contributed by atoms with Gasteiger partial charge in [-0.25, -0.2) is 0 Å². The van der Waals surface area contributed by atoms with Crippen molar-refractivity contribution in [2.24, 2.45) is 0 Å². The molecule has 20 heavy (non-hydrogen) atoms. The summed E-state index contributed by atoms with van der Waals surface area (Å²) in [5.74, 6) is 0. The van der Waals surface area contributed by atoms with Crippen LogP contribution in [0.1, 0.15) is 12.0 Å². The standard InChI is InChI=1S/C17H19IN2/c18-15-6-8-16(9-7-15)19-17-10-11-20(13-17)12-14-4-2-1-3-5-14/h1-9,17,19H,10-13H2. The Labute approximate surface area is 134 Å². The number of rotatable bonds is 4. The third-order valence-electron chi connectivity index (χ3n) is 3.74. The molecule has 3 rings (SSSR count). The average molecular weight is 378 g/mol. The van der Waals surface area contributed by atoms with Crippen LogP contribution in [0.3, 0.4) is 0 Å². The molecule has 0 aliphatic carbocycles. The van der Waals surface area contributed by atoms with Crippen LogP contribution in [0.5, 0.6) is 0 Å². The highest BCUT2D eigenvalue weighted by Crippen LogP contribution is 2.18. The molecule has 0 saturated carbocycles. The molecule has 3 heteroatoms. The summed E-state index contributed by atoms with van der Waals surface area (Å²) in [7, 11) is 0. The zero-order valence-corrected chi connectivity index (χ0v) is 13.6. The third-order valence-corrected chi connectivity index (χ3v) is 4.46. The van der Waals surface area contributed by atoms with Crippen LogP contribution in [0.2, 0.25) is 0 Å². The van der Waals surface area contributed by atoms with Gasteiger partial charge < -0.3 is 5.32 Å². The van der Waals surface area contributed by atoms with Crippen molar-refractivity contribution in [2.75, 3.05) is 18.4 Å². The maximum atomic E-state index is 3.64. The van der Waals surface area contributed by atoms with Crippen molar-refractivity contribution < 1.29 is 0 Å². The number of likely N-dealkylation sites (tertiary alicyclic amines) is 1. The average Bonchev–Trinajstić information content (AvgIpc) is 2.90. The Morgan fingerprint density at radius 2 is 1.80 bits per heavy atom. The number of anilines is 1. The van der Waals surface area contributed by atoms with Gasteiger partial charge in [-0.15, -0.1) is 0 Å². The number of benzene rings is 2. The van der Waals surface area contributed by atoms with Gasteiger partial charge in [-0.1, -0.05) is 30.3 Å². The molecule has 1 heterocycles. The van der Waals surface area contributed by atoms with Crippen LogP contribution in [0, 0.1) is 3.57 Å². The van der Waals surface area contributed by atoms with E-state index in [9.17, 15) is 0 Å². The van der Waals surface area contributed by atoms with Gasteiger partial charge in [-0.05, 0) is 58.8 Å². The van der Waals surface area contributed by atoms with E-state index in [1.54, 1.807) is 0 Å². The highest BCUT2D eigenvalue weighted by atomic mass is 127. The minimum absolute atomic E-state index is 0.568. The summed E-state index contributed by atoms with van der Waals surface area (Å²) in [4.78, 5) is 2.53. The number of nitrogens with one attached hydrogen (secondary N) is 1. The molecular formula is C17H19IN2. The first kappa shape index (κ1) is 13.9. The second kappa shape index (κ2) is 6.59. The molecule has 1 aliphatic rings. The molecule has 1 unspecified atom stereocenters. The van der Waals surface area contributed by atoms with Gasteiger partial charge >= 0.3 is 0 Å². The van der Waals surface area contributed by atoms with Crippen molar-refractivity contribution in [1.29, 1.82) is 0 Å². The van der Waals surface area contributed by atoms with E-state index in [2.05, 4.69) is 87.4 Å². The van der Waals surface area contributed by atoms with Gasteiger partial charge in [0.1, 0.15) is 0 Å². The molecule has 2 aromatic carbocycles. The quantitative estimate of drug-likeness (QED) is 0.810. The molecule has 0 aromatic heterocycles. The van der Waals surface area contributed by atoms with E-state index in [1.807, 2.05) is 0 Å². The van der Waals surface area contributed by atoms with E-state index in [-0.39, 0.29) is 0 Å². The maximum absolute atomic E-state index is 3.64. The summed E-state index contributed by atoms with van der Waals surface area (Å²) >= 11 is 2.34. The van der Waals surface area contributed by atoms with Crippen LogP contribution in [0.4, 0.5) is 5.69 Å². The van der Waals surface area contributed by atoms with Gasteiger partial charge in [0.15, 0.2) is 0 Å². The molecule has 2 aromatic rings. The molecule has 0 radical (unpaired) electrons. The van der Waals surface area contributed by atoms with Gasteiger partial charge in [-0.3, -0.25) is 4.90 Å². The predicted octanol–water partition coefficient (Wildman–Crippen LogP) is 3.98. The smallest absolute Gasteiger partial charge is 0.0400 e. The van der Waals surface area contributed by atoms with Crippen LogP contribution < -0.4 is 5.32 Å². The molecule has 1 fully saturated rings. The van der Waals surface area contributed by atoms with E-state index in [1.165, 1.54) is 27.8 Å². The Balaban J connectivity index is 1.53. The Bertz CT molecular complexity index is 539. The van der Waals surface area contributed by atoms with E-state index < -0.39 is 0 Å². The Hall–Kier alpha value is -1.07. The summed E-state index contributed by atoms with van der Waals surface area (Å²) in [5, 5.41) is 3.64. The minimum atomic E-state index is 0.568. The predicted molar refractivity (Wildman–Crippen MR) is 92.9 cm³/mol. The molecule has 2 nitrogen and oxygen atoms in total. The van der Waals surface area contributed by atoms with Crippen LogP contribution in [-0.2, 0) is 6.54 Å². The van der Waals surface area contributed by atoms with E-state index in [0.717, 1.165) is 13.1 Å². The first-order chi connectivity index (χ1) is 9.79. The molecule has 1 aliphatic heterocycles. The minimum Gasteiger partial charge on any atom is -0.381 e. The van der Waals surface area contributed by atoms with Gasteiger partial charge in [0.2, 0.25) is 0 Å². The second-order valence-corrected chi connectivity index (χ2v) is 6.60. The Morgan fingerprint density at radius 3 is 2.55 bits per heavy atom. The number of nitrogens with zero attached hydrogens (tertiary/aromatic N) is 1. The largest absolute Gasteiger partial charge is 0.381 e. The summed E-state index contributed by atoms with van der Waals surface area (Å²) in [6, 6.07) is 19.9. The summed E-state index contributed by atoms with van der Waals surface area (Å²) < 4.78 is 1.28. The molecule has 1 atom stereocenters. The fourth-order valence-electron chi connectivity index (χ4n) is 2.72. The van der Waals surface area contributed by atoms with Gasteiger partial charge in [-0.2, -0.15) is 0 Å². The Kier molecular flexibility index (Phi) is 4.58. The maximum Gasteiger partial charge on any atom is 0.0400 e. The Morgan fingerprint density at radius 1 is 1.05 bits per heavy atom. The zero-order chi connectivity index (χ0) is 13.8. The number of halogens is 1. The lowest BCUT2D eigenvalue weighted by molar-refractivity contribution is 0.328. The van der Waals surface area contributed by atoms with E-state index in [4.69, 9.17) is 0 Å². The second-order valence-electron chi connectivity index (χ2n) is 5.36. The third kappa shape index (κ3) is 3.73. The highest BCUT2D eigenvalue weighted by Gasteiger charge is 2.22. The van der Waals surface area contributed by atoms with E-state index in [0.29, 0.717) is 6.04 Å². The first-order valence-corrected chi connectivity index (χ1v) is 8.16. The van der Waals surface area contributed by atoms with Crippen molar-refractivity contribution in [2.45, 2.75) is 19.0 Å². The molecule has 104 valence electrons. The lowest BCUT2D eigenvalue weighted by Crippen LogP contribution is -2.25. The fourth-order valence-corrected chi connectivity index (χ4v) is 3.08. The van der Waals surface area contributed by atoms with Gasteiger partial charge in [0, 0.05) is 34.9 Å². The fraction of sp³-hybridized carbons (Fsp3) is 0.294. The van der Waals surface area contributed by atoms with Crippen molar-refractivity contribution in [3.05, 3.63) is 63.7 Å². The number of hydrogen-bond donors (Lipinski definition) is 1. The SMILES string of the molecule is Ic1ccc(NC2CCN(Cc3ccccc3)C2)cc1. The van der Waals surface area contributed by atoms with Crippen LogP contribution in [0.15, 0.2) is 54.6 Å². The first-order valence-electron chi connectivity index (χ1n) is 7.08. The molecular weight excluding hydrogens is 359 g/mol. The van der Waals surface area contributed by atoms with Crippen LogP contribution in [-0.4, -0.2) is 24.0 Å². The summed E-state index contributed by atoms with van der Waals surface area (Å²) in [6.07, 6.45) is 1.22. The molecule has 0 spiro atoms. The molecule has 1 saturated heterocycles. The summed E-state index contributed by atoms with van der Waals surface area (Å²) in [5.41, 5.74) is 2.64. The topological polar surface area (TPSA) is 15.3 Å². The van der Waals surface area contributed by atoms with Crippen molar-refractivity contribution in [1.82, 2.24) is 4.90 Å². The van der Waals surface area contributed by atoms with Crippen LogP contribution in [0.25, 0.3) is 0 Å². The number of hydrogen-bond acceptors (Lipinski definition) is 2. The van der Waals surface area contributed by atoms with Gasteiger partial charge in [0.25, 0.3) is 0 Å². The monoisotopic (exact) mass is 378 g/mol. The lowest BCUT2D eigenvalue weighted by atomic mass is 10.2. The van der Waals surface area contributed by atoms with Crippen molar-refractivity contribution in [3.8, 4) is 0 Å². The molecule has 0 amide bonds. The van der Waals surface area contributed by atoms with Crippen LogP contribution >= 0.6 is 22.6 Å². The lowest BCUT2D eigenvalue weighted by Gasteiger charge is -2.17. The van der Waals surface area contributed by atoms with Gasteiger partial charge in [0.05, 0.1) is 0 Å². The zero-order valence-electron chi connectivity index (χ0n) is 11.4.